The molecule has 0 bridgehead atoms. The molecule has 0 saturated carbocycles. The van der Waals surface area contributed by atoms with Gasteiger partial charge in [-0.05, 0) is 38.6 Å². The van der Waals surface area contributed by atoms with Gasteiger partial charge < -0.3 is 10.2 Å². The lowest BCUT2D eigenvalue weighted by molar-refractivity contribution is 0.112. The summed E-state index contributed by atoms with van der Waals surface area (Å²) >= 11 is 0. The molecule has 4 nitrogen and oxygen atoms in total. The summed E-state index contributed by atoms with van der Waals surface area (Å²) in [5.41, 5.74) is 0.668. The predicted molar refractivity (Wildman–Crippen MR) is 63.8 cm³/mol. The molecule has 0 aromatic carbocycles. The summed E-state index contributed by atoms with van der Waals surface area (Å²) in [6.45, 7) is 2.20. The number of carbonyl (C=O) groups excluding carboxylic acids is 1. The summed E-state index contributed by atoms with van der Waals surface area (Å²) < 4.78 is 0. The average Bonchev–Trinajstić information content (AvgIpc) is 2.29. The van der Waals surface area contributed by atoms with Gasteiger partial charge in [0.1, 0.15) is 12.1 Å². The average molecular weight is 219 g/mol. The van der Waals surface area contributed by atoms with E-state index in [1.807, 2.05) is 0 Å². The van der Waals surface area contributed by atoms with E-state index in [1.54, 1.807) is 18.3 Å². The van der Waals surface area contributed by atoms with Gasteiger partial charge in [0.2, 0.25) is 0 Å². The first-order valence-electron chi connectivity index (χ1n) is 5.64. The largest absolute Gasteiger partial charge is 0.366 e. The summed E-state index contributed by atoms with van der Waals surface area (Å²) in [5, 5.41) is 3.37. The van der Waals surface area contributed by atoms with E-state index in [-0.39, 0.29) is 0 Å². The lowest BCUT2D eigenvalue weighted by Gasteiger charge is -2.30. The van der Waals surface area contributed by atoms with E-state index in [2.05, 4.69) is 22.2 Å². The van der Waals surface area contributed by atoms with E-state index in [9.17, 15) is 4.79 Å². The maximum Gasteiger partial charge on any atom is 0.150 e. The number of piperidine rings is 1. The third-order valence-corrected chi connectivity index (χ3v) is 2.90. The zero-order valence-corrected chi connectivity index (χ0v) is 9.52. The molecule has 1 aromatic heterocycles. The Morgan fingerprint density at radius 3 is 3.25 bits per heavy atom. The van der Waals surface area contributed by atoms with Crippen LogP contribution in [0.1, 0.15) is 23.2 Å². The van der Waals surface area contributed by atoms with Crippen LogP contribution < -0.4 is 5.32 Å². The zero-order chi connectivity index (χ0) is 11.4. The molecule has 1 atom stereocenters. The lowest BCUT2D eigenvalue weighted by Crippen LogP contribution is -2.39. The molecule has 0 aliphatic carbocycles. The molecule has 1 aliphatic heterocycles. The molecule has 0 amide bonds. The summed E-state index contributed by atoms with van der Waals surface area (Å²) in [4.78, 5) is 17.2. The number of nitrogens with zero attached hydrogens (tertiary/aromatic N) is 2. The van der Waals surface area contributed by atoms with E-state index >= 15 is 0 Å². The minimum Gasteiger partial charge on any atom is -0.366 e. The zero-order valence-electron chi connectivity index (χ0n) is 9.52. The van der Waals surface area contributed by atoms with E-state index < -0.39 is 0 Å². The van der Waals surface area contributed by atoms with Gasteiger partial charge >= 0.3 is 0 Å². The van der Waals surface area contributed by atoms with Gasteiger partial charge in [0.05, 0.1) is 0 Å². The number of aldehydes is 1. The van der Waals surface area contributed by atoms with Crippen molar-refractivity contribution in [1.29, 1.82) is 0 Å². The maximum absolute atomic E-state index is 10.6. The van der Waals surface area contributed by atoms with Crippen LogP contribution in [0.15, 0.2) is 18.3 Å². The Labute approximate surface area is 95.7 Å². The predicted octanol–water partition coefficient (Wildman–Crippen LogP) is 1.40. The molecule has 4 heteroatoms. The minimum atomic E-state index is 0.438. The van der Waals surface area contributed by atoms with Crippen molar-refractivity contribution in [3.05, 3.63) is 23.9 Å². The Morgan fingerprint density at radius 1 is 1.62 bits per heavy atom. The Balaban J connectivity index is 1.99. The molecule has 1 unspecified atom stereocenters. The molecule has 1 N–H and O–H groups in total. The molecular formula is C12H17N3O. The number of hydrogen-bond donors (Lipinski definition) is 1. The quantitative estimate of drug-likeness (QED) is 0.780. The molecule has 1 aliphatic rings. The van der Waals surface area contributed by atoms with Crippen LogP contribution in [-0.4, -0.2) is 42.3 Å². The SMILES string of the molecule is CN1CCCC(Nc2cc(C=O)ccn2)C1. The van der Waals surface area contributed by atoms with Crippen molar-refractivity contribution >= 4 is 12.1 Å². The van der Waals surface area contributed by atoms with Crippen molar-refractivity contribution in [2.45, 2.75) is 18.9 Å². The Kier molecular flexibility index (Phi) is 3.51. The van der Waals surface area contributed by atoms with Gasteiger partial charge in [0.15, 0.2) is 0 Å². The Morgan fingerprint density at radius 2 is 2.50 bits per heavy atom. The number of pyridine rings is 1. The third-order valence-electron chi connectivity index (χ3n) is 2.90. The van der Waals surface area contributed by atoms with Gasteiger partial charge in [-0.15, -0.1) is 0 Å². The molecule has 1 aromatic rings. The highest BCUT2D eigenvalue weighted by molar-refractivity contribution is 5.75. The lowest BCUT2D eigenvalue weighted by atomic mass is 10.1. The highest BCUT2D eigenvalue weighted by atomic mass is 16.1. The van der Waals surface area contributed by atoms with Crippen LogP contribution in [-0.2, 0) is 0 Å². The van der Waals surface area contributed by atoms with Gasteiger partial charge in [-0.2, -0.15) is 0 Å². The van der Waals surface area contributed by atoms with E-state index in [0.29, 0.717) is 11.6 Å². The van der Waals surface area contributed by atoms with E-state index in [1.165, 1.54) is 13.0 Å². The second-order valence-corrected chi connectivity index (χ2v) is 4.34. The van der Waals surface area contributed by atoms with Crippen LogP contribution in [0.4, 0.5) is 5.82 Å². The first-order chi connectivity index (χ1) is 7.78. The van der Waals surface area contributed by atoms with Crippen LogP contribution in [0.3, 0.4) is 0 Å². The number of carbonyl (C=O) groups is 1. The molecule has 1 fully saturated rings. The van der Waals surface area contributed by atoms with Crippen molar-refractivity contribution in [2.24, 2.45) is 0 Å². The highest BCUT2D eigenvalue weighted by Crippen LogP contribution is 2.13. The standard InChI is InChI=1S/C12H17N3O/c1-15-6-2-3-11(8-15)14-12-7-10(9-16)4-5-13-12/h4-5,7,9,11H,2-3,6,8H2,1H3,(H,13,14). The van der Waals surface area contributed by atoms with Crippen molar-refractivity contribution in [3.63, 3.8) is 0 Å². The maximum atomic E-state index is 10.6. The fourth-order valence-electron chi connectivity index (χ4n) is 2.09. The summed E-state index contributed by atoms with van der Waals surface area (Å²) in [7, 11) is 2.13. The van der Waals surface area contributed by atoms with Gasteiger partial charge in [-0.3, -0.25) is 4.79 Å². The van der Waals surface area contributed by atoms with Crippen LogP contribution in [0.5, 0.6) is 0 Å². The third kappa shape index (κ3) is 2.79. The number of anilines is 1. The number of rotatable bonds is 3. The van der Waals surface area contributed by atoms with Crippen molar-refractivity contribution in [1.82, 2.24) is 9.88 Å². The van der Waals surface area contributed by atoms with Crippen molar-refractivity contribution in [2.75, 3.05) is 25.5 Å². The second-order valence-electron chi connectivity index (χ2n) is 4.34. The smallest absolute Gasteiger partial charge is 0.150 e. The molecule has 2 heterocycles. The number of nitrogens with one attached hydrogen (secondary N) is 1. The van der Waals surface area contributed by atoms with Gasteiger partial charge in [0, 0.05) is 24.3 Å². The summed E-state index contributed by atoms with van der Waals surface area (Å²) in [5.74, 6) is 0.796. The molecule has 86 valence electrons. The van der Waals surface area contributed by atoms with Gasteiger partial charge in [0.25, 0.3) is 0 Å². The topological polar surface area (TPSA) is 45.2 Å². The van der Waals surface area contributed by atoms with Crippen LogP contribution >= 0.6 is 0 Å². The Hall–Kier alpha value is -1.42. The number of likely N-dealkylation sites (tertiary alicyclic amines) is 1. The molecule has 1 saturated heterocycles. The summed E-state index contributed by atoms with van der Waals surface area (Å²) in [6.07, 6.45) is 4.89. The number of aromatic nitrogens is 1. The van der Waals surface area contributed by atoms with Crippen molar-refractivity contribution < 1.29 is 4.79 Å². The fraction of sp³-hybridized carbons (Fsp3) is 0.500. The van der Waals surface area contributed by atoms with E-state index in [4.69, 9.17) is 0 Å². The normalized spacial score (nSPS) is 21.7. The Bertz CT molecular complexity index is 367. The molecular weight excluding hydrogens is 202 g/mol. The second kappa shape index (κ2) is 5.07. The number of hydrogen-bond acceptors (Lipinski definition) is 4. The first kappa shape index (κ1) is 11.1. The molecule has 2 rings (SSSR count). The van der Waals surface area contributed by atoms with Crippen LogP contribution in [0.2, 0.25) is 0 Å². The fourth-order valence-corrected chi connectivity index (χ4v) is 2.09. The highest BCUT2D eigenvalue weighted by Gasteiger charge is 2.16. The summed E-state index contributed by atoms with van der Waals surface area (Å²) in [6, 6.07) is 3.94. The molecule has 0 radical (unpaired) electrons. The van der Waals surface area contributed by atoms with Gasteiger partial charge in [-0.25, -0.2) is 4.98 Å². The van der Waals surface area contributed by atoms with E-state index in [0.717, 1.165) is 25.1 Å². The first-order valence-corrected chi connectivity index (χ1v) is 5.64. The molecule has 0 spiro atoms. The minimum absolute atomic E-state index is 0.438. The molecule has 16 heavy (non-hydrogen) atoms. The van der Waals surface area contributed by atoms with Crippen molar-refractivity contribution in [3.8, 4) is 0 Å². The van der Waals surface area contributed by atoms with Crippen LogP contribution in [0, 0.1) is 0 Å². The monoisotopic (exact) mass is 219 g/mol. The number of likely N-dealkylation sites (N-methyl/N-ethyl adjacent to an activating group) is 1. The van der Waals surface area contributed by atoms with Crippen LogP contribution in [0.25, 0.3) is 0 Å². The van der Waals surface area contributed by atoms with Gasteiger partial charge in [-0.1, -0.05) is 0 Å².